The van der Waals surface area contributed by atoms with Crippen molar-refractivity contribution in [2.45, 2.75) is 55.9 Å². The van der Waals surface area contributed by atoms with Gasteiger partial charge in [0, 0.05) is 37.7 Å². The fourth-order valence-electron chi connectivity index (χ4n) is 5.98. The Balaban J connectivity index is 0.000000512. The molecule has 0 aromatic heterocycles. The molecule has 56 heavy (non-hydrogen) atoms. The number of benzene rings is 3. The Bertz CT molecular complexity index is 1880. The summed E-state index contributed by atoms with van der Waals surface area (Å²) in [6, 6.07) is 27.2. The summed E-state index contributed by atoms with van der Waals surface area (Å²) in [5.41, 5.74) is 4.83. The first kappa shape index (κ1) is 45.1. The third-order valence-electron chi connectivity index (χ3n) is 8.67. The number of hydrogen-bond donors (Lipinski definition) is 4. The first-order valence-electron chi connectivity index (χ1n) is 17.3. The summed E-state index contributed by atoms with van der Waals surface area (Å²) in [5, 5.41) is 26.7. The molecule has 1 unspecified atom stereocenters. The molecule has 0 saturated carbocycles. The number of quaternary nitrogens is 2. The van der Waals surface area contributed by atoms with Crippen LogP contribution in [0.4, 0.5) is 31.1 Å². The normalized spacial score (nSPS) is 18.7. The lowest BCUT2D eigenvalue weighted by Crippen LogP contribution is -3.13. The maximum absolute atomic E-state index is 12.8. The zero-order valence-corrected chi connectivity index (χ0v) is 30.8. The van der Waals surface area contributed by atoms with Crippen LogP contribution in [0.3, 0.4) is 0 Å². The Labute approximate surface area is 319 Å². The molecule has 4 N–H and O–H groups in total. The number of aliphatic carboxylic acids is 2. The van der Waals surface area contributed by atoms with E-state index in [0.29, 0.717) is 12.3 Å². The number of carbonyl (C=O) groups excluding carboxylic acids is 3. The highest BCUT2D eigenvalue weighted by Crippen LogP contribution is 2.20. The Morgan fingerprint density at radius 1 is 0.821 bits per heavy atom. The molecule has 2 heterocycles. The highest BCUT2D eigenvalue weighted by molar-refractivity contribution is 7.90. The first-order chi connectivity index (χ1) is 26.3. The molecule has 2 aliphatic heterocycles. The molecule has 2 atom stereocenters. The van der Waals surface area contributed by atoms with Crippen molar-refractivity contribution in [3.05, 3.63) is 114 Å². The van der Waals surface area contributed by atoms with Crippen LogP contribution in [0.15, 0.2) is 113 Å². The number of carbonyl (C=O) groups is 3. The van der Waals surface area contributed by atoms with Crippen molar-refractivity contribution in [1.82, 2.24) is 10.0 Å². The first-order valence-corrected chi connectivity index (χ1v) is 18.8. The topological polar surface area (TPSA) is 177 Å². The average molecular weight is 814 g/mol. The molecule has 12 nitrogen and oxygen atoms in total. The zero-order valence-electron chi connectivity index (χ0n) is 30.0. The van der Waals surface area contributed by atoms with Crippen molar-refractivity contribution >= 4 is 33.7 Å². The maximum atomic E-state index is 12.8. The molecular weight excluding hydrogens is 772 g/mol. The van der Waals surface area contributed by atoms with Crippen molar-refractivity contribution in [3.8, 4) is 0 Å². The minimum atomic E-state index is -5.19. The Morgan fingerprint density at radius 2 is 1.30 bits per heavy atom. The van der Waals surface area contributed by atoms with Crippen LogP contribution in [0, 0.1) is 5.92 Å². The van der Waals surface area contributed by atoms with Crippen LogP contribution in [0.25, 0.3) is 0 Å². The smallest absolute Gasteiger partial charge is 0.430 e. The summed E-state index contributed by atoms with van der Waals surface area (Å²) < 4.78 is 90.6. The van der Waals surface area contributed by atoms with Gasteiger partial charge in [0.15, 0.2) is 0 Å². The molecule has 3 aromatic rings. The third-order valence-corrected chi connectivity index (χ3v) is 10.0. The molecule has 2 amide bonds. The number of carboxylic acid groups (broad SMARTS) is 2. The van der Waals surface area contributed by atoms with E-state index in [1.165, 1.54) is 33.3 Å². The van der Waals surface area contributed by atoms with Crippen molar-refractivity contribution in [1.29, 1.82) is 0 Å². The number of amides is 2. The second-order valence-corrected chi connectivity index (χ2v) is 14.3. The van der Waals surface area contributed by atoms with E-state index >= 15 is 0 Å². The van der Waals surface area contributed by atoms with Gasteiger partial charge in [0.25, 0.3) is 10.0 Å². The number of likely N-dealkylation sites (tertiary alicyclic amines) is 1. The number of carboxylic acids is 2. The van der Waals surface area contributed by atoms with Crippen LogP contribution in [0.1, 0.15) is 43.4 Å². The number of sulfonamides is 1. The summed E-state index contributed by atoms with van der Waals surface area (Å²) in [4.78, 5) is 32.0. The SMILES string of the molecule is CC[NH+]1N=C(Cc2ccccc2)C=C1C1CC[NH+](CC[C@H](NC(=O)NS(=O)(=O)c2ccccc2)c2ccccc2)CC1.O=C([O-])C(F)(F)F.O=C([O-])C(F)(F)F. The lowest BCUT2D eigenvalue weighted by atomic mass is 9.91. The van der Waals surface area contributed by atoms with E-state index in [4.69, 9.17) is 24.9 Å². The summed E-state index contributed by atoms with van der Waals surface area (Å²) in [5.74, 6) is -5.49. The van der Waals surface area contributed by atoms with E-state index in [2.05, 4.69) is 47.3 Å². The van der Waals surface area contributed by atoms with Crippen molar-refractivity contribution in [2.24, 2.45) is 11.0 Å². The van der Waals surface area contributed by atoms with Crippen molar-refractivity contribution in [3.63, 3.8) is 0 Å². The van der Waals surface area contributed by atoms with Gasteiger partial charge < -0.3 is 30.0 Å². The van der Waals surface area contributed by atoms with E-state index in [1.54, 1.807) is 18.2 Å². The molecular formula is C37H41F6N5O7S. The predicted octanol–water partition coefficient (Wildman–Crippen LogP) is 1.10. The zero-order chi connectivity index (χ0) is 41.5. The van der Waals surface area contributed by atoms with E-state index in [1.807, 2.05) is 36.4 Å². The second-order valence-electron chi connectivity index (χ2n) is 12.7. The molecule has 0 aliphatic carbocycles. The number of nitrogens with zero attached hydrogens (tertiary/aromatic N) is 1. The van der Waals surface area contributed by atoms with Crippen LogP contribution in [-0.2, 0) is 26.0 Å². The fourth-order valence-corrected chi connectivity index (χ4v) is 6.91. The van der Waals surface area contributed by atoms with Gasteiger partial charge in [0.1, 0.15) is 29.9 Å². The molecule has 0 radical (unpaired) electrons. The number of piperidine rings is 1. The number of halogens is 6. The monoisotopic (exact) mass is 813 g/mol. The van der Waals surface area contributed by atoms with Gasteiger partial charge in [-0.05, 0) is 30.2 Å². The maximum Gasteiger partial charge on any atom is 0.430 e. The minimum absolute atomic E-state index is 0.0576. The summed E-state index contributed by atoms with van der Waals surface area (Å²) in [7, 11) is -3.95. The predicted molar refractivity (Wildman–Crippen MR) is 187 cm³/mol. The van der Waals surface area contributed by atoms with Gasteiger partial charge in [-0.2, -0.15) is 31.4 Å². The van der Waals surface area contributed by atoms with Crippen LogP contribution < -0.4 is 30.2 Å². The van der Waals surface area contributed by atoms with Gasteiger partial charge >= 0.3 is 18.4 Å². The molecule has 304 valence electrons. The summed E-state index contributed by atoms with van der Waals surface area (Å²) in [6.45, 7) is 6.14. The van der Waals surface area contributed by atoms with E-state index in [0.717, 1.165) is 56.7 Å². The number of hydrogen-bond acceptors (Lipinski definition) is 8. The van der Waals surface area contributed by atoms with Gasteiger partial charge in [-0.1, -0.05) is 84.0 Å². The molecule has 1 fully saturated rings. The molecule has 0 bridgehead atoms. The number of nitrogens with one attached hydrogen (secondary N) is 4. The van der Waals surface area contributed by atoms with E-state index in [9.17, 15) is 39.6 Å². The number of alkyl halides is 6. The number of urea groups is 1. The van der Waals surface area contributed by atoms with Gasteiger partial charge in [-0.15, -0.1) is 0 Å². The van der Waals surface area contributed by atoms with Crippen molar-refractivity contribution < 1.29 is 69.3 Å². The van der Waals surface area contributed by atoms with Gasteiger partial charge in [0.2, 0.25) is 0 Å². The highest BCUT2D eigenvalue weighted by Gasteiger charge is 2.34. The molecule has 1 saturated heterocycles. The molecule has 5 rings (SSSR count). The lowest BCUT2D eigenvalue weighted by Gasteiger charge is -2.31. The van der Waals surface area contributed by atoms with Crippen LogP contribution >= 0.6 is 0 Å². The Hall–Kier alpha value is -5.27. The van der Waals surface area contributed by atoms with E-state index < -0.39 is 40.3 Å². The molecule has 19 heteroatoms. The van der Waals surface area contributed by atoms with Gasteiger partial charge in [-0.25, -0.2) is 17.9 Å². The number of rotatable bonds is 11. The fraction of sp³-hybridized carbons (Fsp3) is 0.351. The largest absolute Gasteiger partial charge is 0.542 e. The summed E-state index contributed by atoms with van der Waals surface area (Å²) in [6.07, 6.45) is -4.26. The summed E-state index contributed by atoms with van der Waals surface area (Å²) >= 11 is 0. The quantitative estimate of drug-likeness (QED) is 0.210. The Kier molecular flexibility index (Phi) is 16.6. The van der Waals surface area contributed by atoms with Crippen LogP contribution in [-0.4, -0.2) is 70.6 Å². The molecule has 2 aliphatic rings. The Morgan fingerprint density at radius 3 is 1.79 bits per heavy atom. The van der Waals surface area contributed by atoms with Crippen LogP contribution in [0.5, 0.6) is 0 Å². The molecule has 3 aromatic carbocycles. The second kappa shape index (κ2) is 20.6. The third kappa shape index (κ3) is 14.8. The van der Waals surface area contributed by atoms with E-state index in [-0.39, 0.29) is 10.9 Å². The minimum Gasteiger partial charge on any atom is -0.542 e. The molecule has 0 spiro atoms. The standard InChI is InChI=1S/C33H39N5O3S.2C2HF3O2/c1-2-38-32(25-29(35-38)24-26-12-6-3-7-13-26)28-18-21-37(22-19-28)23-20-31(27-14-8-4-9-15-27)34-33(39)36-42(40,41)30-16-10-5-11-17-30;2*3-2(4,5)1(6)7/h3-17,25,28,31H,2,18-24H2,1H3,(H2,34,36,39);2*(H,6,7)/t31-;;/m0../s1. The average Bonchev–Trinajstić information content (AvgIpc) is 3.57. The van der Waals surface area contributed by atoms with Crippen molar-refractivity contribution in [2.75, 3.05) is 26.2 Å². The lowest BCUT2D eigenvalue weighted by molar-refractivity contribution is -0.910. The van der Waals surface area contributed by atoms with Gasteiger partial charge in [0.05, 0.1) is 30.6 Å². The highest BCUT2D eigenvalue weighted by atomic mass is 32.2. The van der Waals surface area contributed by atoms with Crippen LogP contribution in [0.2, 0.25) is 0 Å². The van der Waals surface area contributed by atoms with Gasteiger partial charge in [-0.3, -0.25) is 0 Å². The number of allylic oxidation sites excluding steroid dienone is 2.